The summed E-state index contributed by atoms with van der Waals surface area (Å²) in [4.78, 5) is 2.03. The molecular formula is C18H27N. The first-order valence-electron chi connectivity index (χ1n) is 6.94. The van der Waals surface area contributed by atoms with Crippen molar-refractivity contribution in [3.05, 3.63) is 72.2 Å². The van der Waals surface area contributed by atoms with E-state index in [0.29, 0.717) is 0 Å². The molecule has 1 nitrogen and oxygen atoms in total. The zero-order valence-electron chi connectivity index (χ0n) is 13.0. The molecule has 1 rings (SSSR count). The summed E-state index contributed by atoms with van der Waals surface area (Å²) in [6.45, 7) is 12.0. The first-order valence-corrected chi connectivity index (χ1v) is 6.94. The fourth-order valence-corrected chi connectivity index (χ4v) is 1.37. The van der Waals surface area contributed by atoms with Crippen LogP contribution in [0.15, 0.2) is 72.2 Å². The zero-order valence-corrected chi connectivity index (χ0v) is 13.0. The van der Waals surface area contributed by atoms with Gasteiger partial charge in [-0.25, -0.2) is 0 Å². The van der Waals surface area contributed by atoms with Crippen molar-refractivity contribution in [3.63, 3.8) is 0 Å². The van der Waals surface area contributed by atoms with Gasteiger partial charge in [0.15, 0.2) is 0 Å². The van der Waals surface area contributed by atoms with Crippen molar-refractivity contribution in [2.45, 2.75) is 34.1 Å². The second-order valence-electron chi connectivity index (χ2n) is 4.24. The molecule has 0 radical (unpaired) electrons. The van der Waals surface area contributed by atoms with E-state index in [-0.39, 0.29) is 0 Å². The van der Waals surface area contributed by atoms with E-state index < -0.39 is 0 Å². The van der Waals surface area contributed by atoms with E-state index in [1.54, 1.807) is 0 Å². The van der Waals surface area contributed by atoms with Crippen molar-refractivity contribution in [1.29, 1.82) is 0 Å². The Labute approximate surface area is 119 Å². The van der Waals surface area contributed by atoms with Crippen LogP contribution in [-0.4, -0.2) is 11.9 Å². The number of nitrogens with zero attached hydrogens (tertiary/aromatic N) is 1. The Hall–Kier alpha value is -1.76. The SMILES string of the molecule is C=C(C)/C=C\C(=C/C=C1C=CN(C)C=C1)CC.CC. The predicted molar refractivity (Wildman–Crippen MR) is 87.8 cm³/mol. The molecule has 0 atom stereocenters. The molecule has 1 aliphatic rings. The van der Waals surface area contributed by atoms with Crippen molar-refractivity contribution in [1.82, 2.24) is 4.90 Å². The summed E-state index contributed by atoms with van der Waals surface area (Å²) in [5.74, 6) is 0. The van der Waals surface area contributed by atoms with E-state index in [1.807, 2.05) is 38.8 Å². The Balaban J connectivity index is 0.00000154. The maximum absolute atomic E-state index is 3.86. The first-order chi connectivity index (χ1) is 9.11. The Bertz CT molecular complexity index is 401. The fourth-order valence-electron chi connectivity index (χ4n) is 1.37. The maximum Gasteiger partial charge on any atom is 0.0106 e. The minimum absolute atomic E-state index is 1.03. The molecule has 0 saturated heterocycles. The van der Waals surface area contributed by atoms with Crippen molar-refractivity contribution in [2.75, 3.05) is 7.05 Å². The number of allylic oxidation sites excluding steroid dienone is 9. The van der Waals surface area contributed by atoms with E-state index in [4.69, 9.17) is 0 Å². The van der Waals surface area contributed by atoms with Crippen LogP contribution in [0.4, 0.5) is 0 Å². The van der Waals surface area contributed by atoms with Gasteiger partial charge in [0.2, 0.25) is 0 Å². The smallest absolute Gasteiger partial charge is 0.0106 e. The van der Waals surface area contributed by atoms with Gasteiger partial charge in [0.1, 0.15) is 0 Å². The van der Waals surface area contributed by atoms with Crippen LogP contribution in [0.5, 0.6) is 0 Å². The average molecular weight is 257 g/mol. The molecule has 0 amide bonds. The number of rotatable bonds is 4. The molecule has 0 aromatic carbocycles. The van der Waals surface area contributed by atoms with Crippen LogP contribution in [0.2, 0.25) is 0 Å². The fraction of sp³-hybridized carbons (Fsp3) is 0.333. The van der Waals surface area contributed by atoms with Crippen molar-refractivity contribution in [3.8, 4) is 0 Å². The molecule has 104 valence electrons. The Morgan fingerprint density at radius 1 is 1.21 bits per heavy atom. The van der Waals surface area contributed by atoms with E-state index in [2.05, 4.69) is 56.3 Å². The molecule has 19 heavy (non-hydrogen) atoms. The topological polar surface area (TPSA) is 3.24 Å². The molecule has 0 spiro atoms. The molecule has 0 N–H and O–H groups in total. The van der Waals surface area contributed by atoms with Crippen LogP contribution in [0, 0.1) is 0 Å². The lowest BCUT2D eigenvalue weighted by Gasteiger charge is -2.11. The van der Waals surface area contributed by atoms with Gasteiger partial charge in [-0.1, -0.05) is 57.2 Å². The largest absolute Gasteiger partial charge is 0.357 e. The Kier molecular flexibility index (Phi) is 9.25. The summed E-state index contributed by atoms with van der Waals surface area (Å²) >= 11 is 0. The summed E-state index contributed by atoms with van der Waals surface area (Å²) in [5, 5.41) is 0. The molecule has 1 heterocycles. The standard InChI is InChI=1S/C16H21N.C2H6/c1-5-15(7-6-14(2)3)8-9-16-10-12-17(4)13-11-16;1-2/h6-13H,2,5H2,1,3-4H3;1-2H3/b7-6-,15-8-;. The third kappa shape index (κ3) is 8.04. The second kappa shape index (κ2) is 10.2. The van der Waals surface area contributed by atoms with Crippen LogP contribution in [0.3, 0.4) is 0 Å². The van der Waals surface area contributed by atoms with Gasteiger partial charge in [0.25, 0.3) is 0 Å². The van der Waals surface area contributed by atoms with Crippen LogP contribution < -0.4 is 0 Å². The lowest BCUT2D eigenvalue weighted by molar-refractivity contribution is 0.620. The van der Waals surface area contributed by atoms with Gasteiger partial charge < -0.3 is 4.90 Å². The molecule has 0 aliphatic carbocycles. The normalized spacial score (nSPS) is 14.5. The van der Waals surface area contributed by atoms with E-state index in [0.717, 1.165) is 12.0 Å². The van der Waals surface area contributed by atoms with Crippen molar-refractivity contribution >= 4 is 0 Å². The van der Waals surface area contributed by atoms with Gasteiger partial charge >= 0.3 is 0 Å². The third-order valence-electron chi connectivity index (χ3n) is 2.48. The van der Waals surface area contributed by atoms with Crippen LogP contribution in [0.1, 0.15) is 34.1 Å². The molecular weight excluding hydrogens is 230 g/mol. The number of hydrogen-bond acceptors (Lipinski definition) is 1. The van der Waals surface area contributed by atoms with E-state index >= 15 is 0 Å². The Morgan fingerprint density at radius 3 is 2.26 bits per heavy atom. The second-order valence-corrected chi connectivity index (χ2v) is 4.24. The first kappa shape index (κ1) is 17.2. The minimum atomic E-state index is 1.03. The van der Waals surface area contributed by atoms with Crippen molar-refractivity contribution < 1.29 is 0 Å². The molecule has 1 heteroatoms. The van der Waals surface area contributed by atoms with Gasteiger partial charge in [-0.05, 0) is 36.6 Å². The lowest BCUT2D eigenvalue weighted by atomic mass is 10.1. The van der Waals surface area contributed by atoms with Gasteiger partial charge in [-0.2, -0.15) is 0 Å². The molecule has 0 saturated carbocycles. The maximum atomic E-state index is 3.86. The highest BCUT2D eigenvalue weighted by Crippen LogP contribution is 2.10. The summed E-state index contributed by atoms with van der Waals surface area (Å²) in [6, 6.07) is 0. The quantitative estimate of drug-likeness (QED) is 0.611. The highest BCUT2D eigenvalue weighted by atomic mass is 15.0. The summed E-state index contributed by atoms with van der Waals surface area (Å²) < 4.78 is 0. The third-order valence-corrected chi connectivity index (χ3v) is 2.48. The van der Waals surface area contributed by atoms with Gasteiger partial charge in [-0.3, -0.25) is 0 Å². The molecule has 0 bridgehead atoms. The molecule has 0 aromatic rings. The van der Waals surface area contributed by atoms with Crippen LogP contribution >= 0.6 is 0 Å². The van der Waals surface area contributed by atoms with Crippen molar-refractivity contribution in [2.24, 2.45) is 0 Å². The predicted octanol–water partition coefficient (Wildman–Crippen LogP) is 5.38. The monoisotopic (exact) mass is 257 g/mol. The average Bonchev–Trinajstić information content (AvgIpc) is 2.43. The molecule has 0 fully saturated rings. The lowest BCUT2D eigenvalue weighted by Crippen LogP contribution is -2.02. The van der Waals surface area contributed by atoms with Crippen LogP contribution in [0.25, 0.3) is 0 Å². The minimum Gasteiger partial charge on any atom is -0.357 e. The summed E-state index contributed by atoms with van der Waals surface area (Å²) in [6.07, 6.45) is 17.8. The van der Waals surface area contributed by atoms with E-state index in [1.165, 1.54) is 11.1 Å². The zero-order chi connectivity index (χ0) is 14.7. The van der Waals surface area contributed by atoms with Gasteiger partial charge in [-0.15, -0.1) is 0 Å². The summed E-state index contributed by atoms with van der Waals surface area (Å²) in [7, 11) is 2.02. The van der Waals surface area contributed by atoms with Crippen LogP contribution in [-0.2, 0) is 0 Å². The van der Waals surface area contributed by atoms with Gasteiger partial charge in [0.05, 0.1) is 0 Å². The molecule has 0 unspecified atom stereocenters. The highest BCUT2D eigenvalue weighted by molar-refractivity contribution is 5.38. The molecule has 0 aromatic heterocycles. The Morgan fingerprint density at radius 2 is 1.79 bits per heavy atom. The van der Waals surface area contributed by atoms with E-state index in [9.17, 15) is 0 Å². The number of hydrogen-bond donors (Lipinski definition) is 0. The highest BCUT2D eigenvalue weighted by Gasteiger charge is 1.93. The van der Waals surface area contributed by atoms with Gasteiger partial charge in [0, 0.05) is 19.4 Å². The summed E-state index contributed by atoms with van der Waals surface area (Å²) in [5.41, 5.74) is 3.61. The molecule has 1 aliphatic heterocycles.